The van der Waals surface area contributed by atoms with E-state index in [4.69, 9.17) is 11.6 Å². The smallest absolute Gasteiger partial charge is 0.259 e. The summed E-state index contributed by atoms with van der Waals surface area (Å²) in [7, 11) is 0. The van der Waals surface area contributed by atoms with E-state index >= 15 is 0 Å². The minimum atomic E-state index is -0.608. The normalized spacial score (nSPS) is 10.3. The molecule has 2 rings (SSSR count). The summed E-state index contributed by atoms with van der Waals surface area (Å²) in [5.41, 5.74) is 1.12. The van der Waals surface area contributed by atoms with Crippen molar-refractivity contribution in [3.05, 3.63) is 57.0 Å². The molecule has 1 N–H and O–H groups in total. The SMILES string of the molecule is Cc1cnc(Cl)c(NC(=O)c2c(F)cccc2Br)c1. The van der Waals surface area contributed by atoms with Crippen LogP contribution in [0.5, 0.6) is 0 Å². The second-order valence-corrected chi connectivity index (χ2v) is 5.11. The van der Waals surface area contributed by atoms with Crippen molar-refractivity contribution in [1.29, 1.82) is 0 Å². The van der Waals surface area contributed by atoms with Crippen molar-refractivity contribution in [2.45, 2.75) is 6.92 Å². The van der Waals surface area contributed by atoms with Gasteiger partial charge in [0.05, 0.1) is 11.3 Å². The van der Waals surface area contributed by atoms with Crippen LogP contribution in [-0.2, 0) is 0 Å². The van der Waals surface area contributed by atoms with E-state index in [1.54, 1.807) is 18.3 Å². The second-order valence-electron chi connectivity index (χ2n) is 3.90. The molecule has 0 bridgehead atoms. The summed E-state index contributed by atoms with van der Waals surface area (Å²) in [6.07, 6.45) is 1.58. The molecule has 0 unspecified atom stereocenters. The number of halogens is 3. The lowest BCUT2D eigenvalue weighted by Gasteiger charge is -2.09. The molecule has 19 heavy (non-hydrogen) atoms. The molecule has 3 nitrogen and oxygen atoms in total. The van der Waals surface area contributed by atoms with Crippen LogP contribution in [0.15, 0.2) is 34.9 Å². The van der Waals surface area contributed by atoms with Gasteiger partial charge in [0.1, 0.15) is 5.82 Å². The van der Waals surface area contributed by atoms with Gasteiger partial charge in [-0.25, -0.2) is 9.37 Å². The molecule has 1 aromatic carbocycles. The Labute approximate surface area is 122 Å². The second kappa shape index (κ2) is 5.67. The van der Waals surface area contributed by atoms with Crippen LogP contribution in [0.25, 0.3) is 0 Å². The minimum absolute atomic E-state index is 0.0694. The molecule has 0 fully saturated rings. The molecule has 6 heteroatoms. The number of aromatic nitrogens is 1. The molecule has 1 heterocycles. The van der Waals surface area contributed by atoms with Gasteiger partial charge >= 0.3 is 0 Å². The summed E-state index contributed by atoms with van der Waals surface area (Å²) < 4.78 is 14.0. The first-order valence-electron chi connectivity index (χ1n) is 5.36. The lowest BCUT2D eigenvalue weighted by Crippen LogP contribution is -2.15. The minimum Gasteiger partial charge on any atom is -0.319 e. The summed E-state index contributed by atoms with van der Waals surface area (Å²) in [5.74, 6) is -1.19. The first-order chi connectivity index (χ1) is 8.99. The molecule has 98 valence electrons. The van der Waals surface area contributed by atoms with Crippen LogP contribution in [0.1, 0.15) is 15.9 Å². The van der Waals surface area contributed by atoms with Crippen molar-refractivity contribution in [1.82, 2.24) is 4.98 Å². The van der Waals surface area contributed by atoms with E-state index in [1.165, 1.54) is 12.1 Å². The number of carbonyl (C=O) groups is 1. The standard InChI is InChI=1S/C13H9BrClFN2O/c1-7-5-10(12(15)17-6-7)18-13(19)11-8(14)3-2-4-9(11)16/h2-6H,1H3,(H,18,19). The van der Waals surface area contributed by atoms with E-state index in [9.17, 15) is 9.18 Å². The van der Waals surface area contributed by atoms with Crippen molar-refractivity contribution in [3.8, 4) is 0 Å². The first kappa shape index (κ1) is 14.0. The van der Waals surface area contributed by atoms with Crippen LogP contribution >= 0.6 is 27.5 Å². The van der Waals surface area contributed by atoms with E-state index in [0.29, 0.717) is 10.2 Å². The van der Waals surface area contributed by atoms with E-state index in [-0.39, 0.29) is 10.7 Å². The molecular weight excluding hydrogens is 335 g/mol. The highest BCUT2D eigenvalue weighted by Crippen LogP contribution is 2.24. The van der Waals surface area contributed by atoms with E-state index in [0.717, 1.165) is 5.56 Å². The molecule has 0 saturated heterocycles. The van der Waals surface area contributed by atoms with Gasteiger partial charge in [0.2, 0.25) is 0 Å². The van der Waals surface area contributed by atoms with Crippen molar-refractivity contribution in [2.75, 3.05) is 5.32 Å². The summed E-state index contributed by atoms with van der Waals surface area (Å²) >= 11 is 9.02. The third-order valence-corrected chi connectivity index (χ3v) is 3.38. The maximum absolute atomic E-state index is 13.6. The third-order valence-electron chi connectivity index (χ3n) is 2.41. The Hall–Kier alpha value is -1.46. The van der Waals surface area contributed by atoms with E-state index in [1.807, 2.05) is 6.92 Å². The highest BCUT2D eigenvalue weighted by molar-refractivity contribution is 9.10. The quantitative estimate of drug-likeness (QED) is 0.831. The van der Waals surface area contributed by atoms with Gasteiger partial charge in [0.25, 0.3) is 5.91 Å². The third kappa shape index (κ3) is 3.11. The number of anilines is 1. The van der Waals surface area contributed by atoms with E-state index < -0.39 is 11.7 Å². The number of pyridine rings is 1. The molecule has 1 aromatic heterocycles. The predicted molar refractivity (Wildman–Crippen MR) is 76.0 cm³/mol. The van der Waals surface area contributed by atoms with Gasteiger partial charge in [-0.05, 0) is 46.6 Å². The largest absolute Gasteiger partial charge is 0.319 e. The Morgan fingerprint density at radius 1 is 1.47 bits per heavy atom. The van der Waals surface area contributed by atoms with Crippen molar-refractivity contribution in [3.63, 3.8) is 0 Å². The summed E-state index contributed by atoms with van der Waals surface area (Å²) in [6, 6.07) is 5.99. The number of hydrogen-bond acceptors (Lipinski definition) is 2. The highest BCUT2D eigenvalue weighted by Gasteiger charge is 2.16. The predicted octanol–water partition coefficient (Wildman–Crippen LogP) is 4.20. The molecule has 2 aromatic rings. The fraction of sp³-hybridized carbons (Fsp3) is 0.0769. The summed E-state index contributed by atoms with van der Waals surface area (Å²) in [4.78, 5) is 16.0. The van der Waals surface area contributed by atoms with Gasteiger partial charge in [0, 0.05) is 10.7 Å². The highest BCUT2D eigenvalue weighted by atomic mass is 79.9. The number of carbonyl (C=O) groups excluding carboxylic acids is 1. The van der Waals surface area contributed by atoms with Crippen LogP contribution in [0.4, 0.5) is 10.1 Å². The van der Waals surface area contributed by atoms with Crippen LogP contribution < -0.4 is 5.32 Å². The monoisotopic (exact) mass is 342 g/mol. The molecule has 0 aliphatic rings. The number of hydrogen-bond donors (Lipinski definition) is 1. The fourth-order valence-electron chi connectivity index (χ4n) is 1.54. The number of nitrogens with one attached hydrogen (secondary N) is 1. The molecule has 0 spiro atoms. The van der Waals surface area contributed by atoms with Gasteiger partial charge in [-0.1, -0.05) is 17.7 Å². The van der Waals surface area contributed by atoms with Gasteiger partial charge in [-0.2, -0.15) is 0 Å². The zero-order valence-electron chi connectivity index (χ0n) is 9.88. The van der Waals surface area contributed by atoms with Crippen molar-refractivity contribution >= 4 is 39.1 Å². The number of benzene rings is 1. The summed E-state index contributed by atoms with van der Waals surface area (Å²) in [5, 5.41) is 2.70. The Morgan fingerprint density at radius 2 is 2.21 bits per heavy atom. The van der Waals surface area contributed by atoms with Crippen molar-refractivity contribution in [2.24, 2.45) is 0 Å². The van der Waals surface area contributed by atoms with Gasteiger partial charge in [-0.3, -0.25) is 4.79 Å². The molecule has 0 saturated carbocycles. The Bertz CT molecular complexity index is 628. The molecule has 0 atom stereocenters. The van der Waals surface area contributed by atoms with Gasteiger partial charge < -0.3 is 5.32 Å². The average molecular weight is 344 g/mol. The molecule has 0 radical (unpaired) electrons. The van der Waals surface area contributed by atoms with E-state index in [2.05, 4.69) is 26.2 Å². The Kier molecular flexibility index (Phi) is 4.17. The lowest BCUT2D eigenvalue weighted by atomic mass is 10.2. The zero-order valence-corrected chi connectivity index (χ0v) is 12.2. The zero-order chi connectivity index (χ0) is 14.0. The number of nitrogens with zero attached hydrogens (tertiary/aromatic N) is 1. The van der Waals surface area contributed by atoms with Crippen molar-refractivity contribution < 1.29 is 9.18 Å². The molecule has 1 amide bonds. The van der Waals surface area contributed by atoms with Crippen LogP contribution in [-0.4, -0.2) is 10.9 Å². The Morgan fingerprint density at radius 3 is 2.89 bits per heavy atom. The van der Waals surface area contributed by atoms with Crippen LogP contribution in [0.3, 0.4) is 0 Å². The summed E-state index contributed by atoms with van der Waals surface area (Å²) in [6.45, 7) is 1.82. The van der Waals surface area contributed by atoms with Crippen LogP contribution in [0.2, 0.25) is 5.15 Å². The van der Waals surface area contributed by atoms with Gasteiger partial charge in [-0.15, -0.1) is 0 Å². The lowest BCUT2D eigenvalue weighted by molar-refractivity contribution is 0.102. The van der Waals surface area contributed by atoms with Gasteiger partial charge in [0.15, 0.2) is 5.15 Å². The van der Waals surface area contributed by atoms with Crippen LogP contribution in [0, 0.1) is 12.7 Å². The average Bonchev–Trinajstić information content (AvgIpc) is 2.33. The molecule has 0 aliphatic heterocycles. The maximum atomic E-state index is 13.6. The Balaban J connectivity index is 2.34. The number of rotatable bonds is 2. The molecule has 0 aliphatic carbocycles. The maximum Gasteiger partial charge on any atom is 0.259 e. The first-order valence-corrected chi connectivity index (χ1v) is 6.53. The number of aryl methyl sites for hydroxylation is 1. The topological polar surface area (TPSA) is 42.0 Å². The number of amides is 1. The fourth-order valence-corrected chi connectivity index (χ4v) is 2.21. The molecular formula is C13H9BrClFN2O.